The molecule has 1 aromatic heterocycles. The largest absolute Gasteiger partial charge is 0.311 e. The van der Waals surface area contributed by atoms with Crippen LogP contribution in [0.3, 0.4) is 0 Å². The Morgan fingerprint density at radius 1 is 0.789 bits per heavy atom. The van der Waals surface area contributed by atoms with Crippen LogP contribution in [0.15, 0.2) is 78.3 Å². The van der Waals surface area contributed by atoms with Gasteiger partial charge < -0.3 is 16.1 Å². The summed E-state index contributed by atoms with van der Waals surface area (Å²) in [6.07, 6.45) is 10.2. The molecule has 0 bridgehead atoms. The summed E-state index contributed by atoms with van der Waals surface area (Å²) in [5.41, 5.74) is 10.5. The molecule has 0 radical (unpaired) electrons. The van der Waals surface area contributed by atoms with Crippen LogP contribution < -0.4 is 21.5 Å². The summed E-state index contributed by atoms with van der Waals surface area (Å²) >= 11 is 1.43. The van der Waals surface area contributed by atoms with Gasteiger partial charge in [-0.1, -0.05) is 79.3 Å². The molecule has 9 heteroatoms. The fourth-order valence-electron chi connectivity index (χ4n) is 4.14. The molecule has 0 spiro atoms. The van der Waals surface area contributed by atoms with Gasteiger partial charge in [0.05, 0.1) is 12.8 Å². The van der Waals surface area contributed by atoms with Gasteiger partial charge in [-0.3, -0.25) is 15.0 Å². The van der Waals surface area contributed by atoms with E-state index in [9.17, 15) is 9.59 Å². The number of carbonyl (C=O) groups is 2. The minimum Gasteiger partial charge on any atom is -0.311 e. The third-order valence-corrected chi connectivity index (χ3v) is 6.88. The van der Waals surface area contributed by atoms with Gasteiger partial charge in [-0.15, -0.1) is 10.2 Å². The standard InChI is InChI=1S/C29H34N6O2S/c1-2-9-21-12-8-13-23(18-21)20-27(37)31-29-35-34-28(38-29)15-7-6-14-24-16-17-25(33-32-24)30-26(36)19-22-10-4-3-5-11-22/h3-5,8,10-13,16-18,32-33H,2,6-7,9,14-15,19-20H2,1H3,(H,30,36)(H,31,35,37). The summed E-state index contributed by atoms with van der Waals surface area (Å²) < 4.78 is 0. The van der Waals surface area contributed by atoms with Crippen molar-refractivity contribution in [3.05, 3.63) is 100.0 Å². The van der Waals surface area contributed by atoms with Gasteiger partial charge in [0, 0.05) is 12.1 Å². The monoisotopic (exact) mass is 530 g/mol. The van der Waals surface area contributed by atoms with Crippen molar-refractivity contribution in [2.45, 2.75) is 58.3 Å². The van der Waals surface area contributed by atoms with Gasteiger partial charge in [-0.05, 0) is 54.5 Å². The summed E-state index contributed by atoms with van der Waals surface area (Å²) in [6.45, 7) is 2.15. The van der Waals surface area contributed by atoms with E-state index in [1.54, 1.807) is 0 Å². The lowest BCUT2D eigenvalue weighted by atomic mass is 10.0. The molecule has 0 saturated carbocycles. The van der Waals surface area contributed by atoms with Gasteiger partial charge >= 0.3 is 0 Å². The van der Waals surface area contributed by atoms with Crippen molar-refractivity contribution in [1.82, 2.24) is 26.4 Å². The van der Waals surface area contributed by atoms with Crippen molar-refractivity contribution < 1.29 is 9.59 Å². The third-order valence-electron chi connectivity index (χ3n) is 5.99. The van der Waals surface area contributed by atoms with Crippen LogP contribution in [-0.2, 0) is 35.3 Å². The van der Waals surface area contributed by atoms with Crippen molar-refractivity contribution >= 4 is 28.3 Å². The maximum Gasteiger partial charge on any atom is 0.230 e. The topological polar surface area (TPSA) is 108 Å². The maximum atomic E-state index is 12.4. The molecule has 2 heterocycles. The molecular formula is C29H34N6O2S. The Labute approximate surface area is 227 Å². The predicted octanol–water partition coefficient (Wildman–Crippen LogP) is 4.58. The molecule has 8 nitrogen and oxygen atoms in total. The minimum absolute atomic E-state index is 0.0672. The second-order valence-electron chi connectivity index (χ2n) is 9.24. The quantitative estimate of drug-likeness (QED) is 0.241. The third kappa shape index (κ3) is 8.85. The molecule has 4 N–H and O–H groups in total. The minimum atomic E-state index is -0.0761. The van der Waals surface area contributed by atoms with Gasteiger partial charge in [-0.2, -0.15) is 0 Å². The van der Waals surface area contributed by atoms with Crippen LogP contribution in [0.5, 0.6) is 0 Å². The van der Waals surface area contributed by atoms with Gasteiger partial charge in [0.1, 0.15) is 10.8 Å². The number of hydrogen-bond acceptors (Lipinski definition) is 7. The summed E-state index contributed by atoms with van der Waals surface area (Å²) in [5.74, 6) is 0.488. The highest BCUT2D eigenvalue weighted by Crippen LogP contribution is 2.19. The van der Waals surface area contributed by atoms with Crippen LogP contribution in [-0.4, -0.2) is 22.0 Å². The van der Waals surface area contributed by atoms with Gasteiger partial charge in [0.2, 0.25) is 16.9 Å². The molecule has 0 fully saturated rings. The zero-order valence-electron chi connectivity index (χ0n) is 21.6. The Morgan fingerprint density at radius 2 is 1.53 bits per heavy atom. The lowest BCUT2D eigenvalue weighted by Gasteiger charge is -2.20. The van der Waals surface area contributed by atoms with Crippen LogP contribution in [0.1, 0.15) is 54.3 Å². The highest BCUT2D eigenvalue weighted by Gasteiger charge is 2.11. The number of rotatable bonds is 13. The number of anilines is 1. The number of nitrogens with zero attached hydrogens (tertiary/aromatic N) is 2. The lowest BCUT2D eigenvalue weighted by Crippen LogP contribution is -2.41. The average molecular weight is 531 g/mol. The van der Waals surface area contributed by atoms with E-state index in [1.807, 2.05) is 54.6 Å². The Bertz CT molecular complexity index is 1280. The summed E-state index contributed by atoms with van der Waals surface area (Å²) in [5, 5.41) is 15.6. The number of hydrogen-bond donors (Lipinski definition) is 4. The Balaban J connectivity index is 1.14. The maximum absolute atomic E-state index is 12.4. The number of benzene rings is 2. The number of amides is 2. The smallest absolute Gasteiger partial charge is 0.230 e. The van der Waals surface area contributed by atoms with Gasteiger partial charge in [0.15, 0.2) is 0 Å². The Morgan fingerprint density at radius 3 is 2.32 bits per heavy atom. The molecule has 1 aliphatic rings. The molecule has 198 valence electrons. The van der Waals surface area contributed by atoms with Crippen LogP contribution in [0, 0.1) is 0 Å². The van der Waals surface area contributed by atoms with E-state index in [0.717, 1.165) is 60.4 Å². The van der Waals surface area contributed by atoms with E-state index >= 15 is 0 Å². The Hall–Kier alpha value is -3.98. The molecule has 2 aromatic carbocycles. The number of carbonyl (C=O) groups excluding carboxylic acids is 2. The molecule has 0 aliphatic carbocycles. The van der Waals surface area contributed by atoms with Crippen LogP contribution in [0.25, 0.3) is 0 Å². The first kappa shape index (κ1) is 27.1. The number of allylic oxidation sites excluding steroid dienone is 3. The zero-order chi connectivity index (χ0) is 26.6. The predicted molar refractivity (Wildman–Crippen MR) is 151 cm³/mol. The van der Waals surface area contributed by atoms with Gasteiger partial charge in [0.25, 0.3) is 0 Å². The summed E-state index contributed by atoms with van der Waals surface area (Å²) in [6, 6.07) is 17.8. The van der Waals surface area contributed by atoms with E-state index in [0.29, 0.717) is 23.8 Å². The lowest BCUT2D eigenvalue weighted by molar-refractivity contribution is -0.120. The SMILES string of the molecule is CCCc1cccc(CC(=O)Nc2nnc(CCCCC3=CC=C(NC(=O)Cc4ccccc4)NN3)s2)c1. The summed E-state index contributed by atoms with van der Waals surface area (Å²) in [7, 11) is 0. The first-order valence-corrected chi connectivity index (χ1v) is 13.9. The highest BCUT2D eigenvalue weighted by atomic mass is 32.1. The van der Waals surface area contributed by atoms with E-state index in [2.05, 4.69) is 50.7 Å². The molecular weight excluding hydrogens is 496 g/mol. The van der Waals surface area contributed by atoms with Crippen molar-refractivity contribution in [3.8, 4) is 0 Å². The molecule has 1 aliphatic heterocycles. The van der Waals surface area contributed by atoms with Crippen LogP contribution >= 0.6 is 11.3 Å². The molecule has 2 amide bonds. The number of hydrazine groups is 1. The van der Waals surface area contributed by atoms with E-state index < -0.39 is 0 Å². The zero-order valence-corrected chi connectivity index (χ0v) is 22.4. The van der Waals surface area contributed by atoms with Crippen molar-refractivity contribution in [1.29, 1.82) is 0 Å². The number of aryl methyl sites for hydroxylation is 2. The summed E-state index contributed by atoms with van der Waals surface area (Å²) in [4.78, 5) is 24.7. The van der Waals surface area contributed by atoms with Crippen molar-refractivity contribution in [2.24, 2.45) is 0 Å². The first-order chi connectivity index (χ1) is 18.6. The first-order valence-electron chi connectivity index (χ1n) is 13.0. The fraction of sp³-hybridized carbons (Fsp3) is 0.310. The highest BCUT2D eigenvalue weighted by molar-refractivity contribution is 7.15. The molecule has 3 aromatic rings. The van der Waals surface area contributed by atoms with E-state index in [-0.39, 0.29) is 11.8 Å². The van der Waals surface area contributed by atoms with E-state index in [1.165, 1.54) is 16.9 Å². The molecule has 0 atom stereocenters. The van der Waals surface area contributed by atoms with Crippen molar-refractivity contribution in [2.75, 3.05) is 5.32 Å². The van der Waals surface area contributed by atoms with Crippen molar-refractivity contribution in [3.63, 3.8) is 0 Å². The molecule has 4 rings (SSSR count). The normalized spacial score (nSPS) is 12.6. The second kappa shape index (κ2) is 14.1. The average Bonchev–Trinajstić information content (AvgIpc) is 3.35. The fourth-order valence-corrected chi connectivity index (χ4v) is 4.94. The van der Waals surface area contributed by atoms with Gasteiger partial charge in [-0.25, -0.2) is 0 Å². The molecule has 38 heavy (non-hydrogen) atoms. The molecule has 0 saturated heterocycles. The molecule has 0 unspecified atom stereocenters. The Kier molecular flexibility index (Phi) is 10.0. The van der Waals surface area contributed by atoms with E-state index in [4.69, 9.17) is 0 Å². The van der Waals surface area contributed by atoms with Crippen LogP contribution in [0.4, 0.5) is 5.13 Å². The number of nitrogens with one attached hydrogen (secondary N) is 4. The second-order valence-corrected chi connectivity index (χ2v) is 10.3. The number of aromatic nitrogens is 2. The van der Waals surface area contributed by atoms with Crippen LogP contribution in [0.2, 0.25) is 0 Å². The number of unbranched alkanes of at least 4 members (excludes halogenated alkanes) is 1.